The van der Waals surface area contributed by atoms with Crippen molar-refractivity contribution in [1.29, 1.82) is 0 Å². The number of nitrogens with zero attached hydrogens (tertiary/aromatic N) is 1. The molecule has 2 aromatic carbocycles. The minimum absolute atomic E-state index is 0.00169. The molecule has 1 fully saturated rings. The molecule has 1 heterocycles. The van der Waals surface area contributed by atoms with E-state index >= 15 is 0 Å². The maximum Gasteiger partial charge on any atom is 0.261 e. The van der Waals surface area contributed by atoms with Crippen molar-refractivity contribution in [2.45, 2.75) is 32.1 Å². The third-order valence-electron chi connectivity index (χ3n) is 5.72. The normalized spacial score (nSPS) is 16.4. The van der Waals surface area contributed by atoms with Crippen LogP contribution in [0.1, 0.15) is 63.2 Å². The van der Waals surface area contributed by atoms with Gasteiger partial charge in [0.2, 0.25) is 5.91 Å². The van der Waals surface area contributed by atoms with Crippen LogP contribution in [0.25, 0.3) is 0 Å². The smallest absolute Gasteiger partial charge is 0.261 e. The summed E-state index contributed by atoms with van der Waals surface area (Å²) < 4.78 is 0. The van der Waals surface area contributed by atoms with Gasteiger partial charge in [0, 0.05) is 29.9 Å². The van der Waals surface area contributed by atoms with E-state index in [0.717, 1.165) is 30.6 Å². The number of benzene rings is 2. The van der Waals surface area contributed by atoms with Crippen molar-refractivity contribution in [3.63, 3.8) is 0 Å². The van der Waals surface area contributed by atoms with Gasteiger partial charge in [-0.25, -0.2) is 0 Å². The lowest BCUT2D eigenvalue weighted by molar-refractivity contribution is -0.120. The summed E-state index contributed by atoms with van der Waals surface area (Å²) in [5.41, 5.74) is 1.99. The molecule has 2 aliphatic rings. The van der Waals surface area contributed by atoms with Crippen LogP contribution in [0.3, 0.4) is 0 Å². The Morgan fingerprint density at radius 3 is 2.33 bits per heavy atom. The van der Waals surface area contributed by atoms with E-state index in [2.05, 4.69) is 10.6 Å². The molecule has 1 aliphatic carbocycles. The van der Waals surface area contributed by atoms with Gasteiger partial charge in [0.1, 0.15) is 0 Å². The molecule has 2 N–H and O–H groups in total. The van der Waals surface area contributed by atoms with Gasteiger partial charge >= 0.3 is 0 Å². The van der Waals surface area contributed by atoms with Crippen molar-refractivity contribution >= 4 is 35.0 Å². The summed E-state index contributed by atoms with van der Waals surface area (Å²) in [5.74, 6) is -1.08. The molecule has 0 atom stereocenters. The zero-order valence-corrected chi connectivity index (χ0v) is 16.7. The lowest BCUT2D eigenvalue weighted by Gasteiger charge is -2.20. The van der Waals surface area contributed by atoms with Crippen molar-refractivity contribution in [3.05, 3.63) is 59.2 Å². The Morgan fingerprint density at radius 1 is 0.867 bits per heavy atom. The minimum atomic E-state index is -0.390. The quantitative estimate of drug-likeness (QED) is 0.759. The second kappa shape index (κ2) is 8.10. The highest BCUT2D eigenvalue weighted by Gasteiger charge is 2.32. The monoisotopic (exact) mass is 405 g/mol. The van der Waals surface area contributed by atoms with Crippen molar-refractivity contribution in [2.75, 3.05) is 17.7 Å². The Hall–Kier alpha value is -3.48. The highest BCUT2D eigenvalue weighted by Crippen LogP contribution is 2.26. The first-order valence-electron chi connectivity index (χ1n) is 10.1. The fourth-order valence-electron chi connectivity index (χ4n) is 3.99. The number of hydrogen-bond donors (Lipinski definition) is 2. The van der Waals surface area contributed by atoms with Crippen molar-refractivity contribution in [1.82, 2.24) is 4.90 Å². The summed E-state index contributed by atoms with van der Waals surface area (Å²) in [5, 5.41) is 5.66. The van der Waals surface area contributed by atoms with Crippen LogP contribution in [0.15, 0.2) is 42.5 Å². The van der Waals surface area contributed by atoms with Crippen LogP contribution in [0.2, 0.25) is 0 Å². The SMILES string of the molecule is CN1C(=O)c2ccc(NC(=O)c3cccc(NC(=O)C4CCCCC4)c3)cc2C1=O. The molecule has 4 rings (SSSR count). The zero-order chi connectivity index (χ0) is 21.3. The zero-order valence-electron chi connectivity index (χ0n) is 16.7. The molecule has 0 unspecified atom stereocenters. The van der Waals surface area contributed by atoms with Crippen molar-refractivity contribution in [2.24, 2.45) is 5.92 Å². The third kappa shape index (κ3) is 3.83. The van der Waals surface area contributed by atoms with Crippen LogP contribution in [0.5, 0.6) is 0 Å². The first kappa shape index (κ1) is 19.8. The third-order valence-corrected chi connectivity index (χ3v) is 5.72. The van der Waals surface area contributed by atoms with Gasteiger partial charge in [0.05, 0.1) is 11.1 Å². The Balaban J connectivity index is 1.46. The molecule has 4 amide bonds. The fourth-order valence-corrected chi connectivity index (χ4v) is 3.99. The number of carbonyl (C=O) groups is 4. The van der Waals surface area contributed by atoms with Crippen LogP contribution in [0.4, 0.5) is 11.4 Å². The number of anilines is 2. The minimum Gasteiger partial charge on any atom is -0.326 e. The average Bonchev–Trinajstić information content (AvgIpc) is 2.98. The van der Waals surface area contributed by atoms with Crippen LogP contribution in [0, 0.1) is 5.92 Å². The van der Waals surface area contributed by atoms with E-state index in [1.165, 1.54) is 25.6 Å². The van der Waals surface area contributed by atoms with Gasteiger partial charge in [0.25, 0.3) is 17.7 Å². The van der Waals surface area contributed by atoms with Gasteiger partial charge in [0.15, 0.2) is 0 Å². The van der Waals surface area contributed by atoms with Crippen molar-refractivity contribution < 1.29 is 19.2 Å². The van der Waals surface area contributed by atoms with Crippen LogP contribution >= 0.6 is 0 Å². The fraction of sp³-hybridized carbons (Fsp3) is 0.304. The molecule has 0 saturated heterocycles. The topological polar surface area (TPSA) is 95.6 Å². The lowest BCUT2D eigenvalue weighted by atomic mass is 9.88. The molecule has 0 bridgehead atoms. The van der Waals surface area contributed by atoms with E-state index in [1.807, 2.05) is 0 Å². The number of amides is 4. The van der Waals surface area contributed by atoms with Gasteiger partial charge in [-0.05, 0) is 49.2 Å². The summed E-state index contributed by atoms with van der Waals surface area (Å²) >= 11 is 0. The van der Waals surface area contributed by atoms with E-state index < -0.39 is 5.91 Å². The van der Waals surface area contributed by atoms with Gasteiger partial charge in [-0.2, -0.15) is 0 Å². The molecule has 154 valence electrons. The molecule has 1 saturated carbocycles. The summed E-state index contributed by atoms with van der Waals surface area (Å²) in [4.78, 5) is 50.3. The second-order valence-corrected chi connectivity index (χ2v) is 7.79. The van der Waals surface area contributed by atoms with Gasteiger partial charge in [-0.3, -0.25) is 24.1 Å². The molecule has 7 heteroatoms. The first-order valence-corrected chi connectivity index (χ1v) is 10.1. The number of carbonyl (C=O) groups excluding carboxylic acids is 4. The Bertz CT molecular complexity index is 1040. The number of rotatable bonds is 4. The number of hydrogen-bond acceptors (Lipinski definition) is 4. The molecular formula is C23H23N3O4. The summed E-state index contributed by atoms with van der Waals surface area (Å²) in [7, 11) is 1.43. The van der Waals surface area contributed by atoms with Crippen LogP contribution in [-0.2, 0) is 4.79 Å². The lowest BCUT2D eigenvalue weighted by Crippen LogP contribution is -2.24. The number of imide groups is 1. The van der Waals surface area contributed by atoms with Crippen LogP contribution < -0.4 is 10.6 Å². The maximum atomic E-state index is 12.7. The number of nitrogens with one attached hydrogen (secondary N) is 2. The van der Waals surface area contributed by atoms with E-state index in [4.69, 9.17) is 0 Å². The molecule has 7 nitrogen and oxygen atoms in total. The molecule has 1 aliphatic heterocycles. The average molecular weight is 405 g/mol. The summed E-state index contributed by atoms with van der Waals surface area (Å²) in [6, 6.07) is 11.4. The molecule has 2 aromatic rings. The largest absolute Gasteiger partial charge is 0.326 e. The molecule has 0 spiro atoms. The Labute approximate surface area is 174 Å². The van der Waals surface area contributed by atoms with Gasteiger partial charge < -0.3 is 10.6 Å². The Morgan fingerprint density at radius 2 is 1.57 bits per heavy atom. The predicted molar refractivity (Wildman–Crippen MR) is 112 cm³/mol. The highest BCUT2D eigenvalue weighted by molar-refractivity contribution is 6.21. The number of fused-ring (bicyclic) bond motifs is 1. The maximum absolute atomic E-state index is 12.7. The van der Waals surface area contributed by atoms with Gasteiger partial charge in [-0.15, -0.1) is 0 Å². The highest BCUT2D eigenvalue weighted by atomic mass is 16.2. The predicted octanol–water partition coefficient (Wildman–Crippen LogP) is 3.68. The van der Waals surface area contributed by atoms with E-state index in [-0.39, 0.29) is 29.2 Å². The summed E-state index contributed by atoms with van der Waals surface area (Å²) in [6.07, 6.45) is 5.13. The molecule has 0 radical (unpaired) electrons. The Kier molecular flexibility index (Phi) is 5.35. The van der Waals surface area contributed by atoms with E-state index in [1.54, 1.807) is 30.3 Å². The molecule has 30 heavy (non-hydrogen) atoms. The van der Waals surface area contributed by atoms with E-state index in [0.29, 0.717) is 22.5 Å². The summed E-state index contributed by atoms with van der Waals surface area (Å²) in [6.45, 7) is 0. The van der Waals surface area contributed by atoms with Gasteiger partial charge in [-0.1, -0.05) is 25.3 Å². The molecular weight excluding hydrogens is 382 g/mol. The standard InChI is InChI=1S/C23H23N3O4/c1-26-22(29)18-11-10-17(13-19(18)23(26)30)25-21(28)15-8-5-9-16(12-15)24-20(27)14-6-3-2-4-7-14/h5,8-14H,2-4,6-7H2,1H3,(H,24,27)(H,25,28). The van der Waals surface area contributed by atoms with Crippen LogP contribution in [-0.4, -0.2) is 35.6 Å². The van der Waals surface area contributed by atoms with E-state index in [9.17, 15) is 19.2 Å². The molecule has 0 aromatic heterocycles. The second-order valence-electron chi connectivity index (χ2n) is 7.79. The van der Waals surface area contributed by atoms with Crippen molar-refractivity contribution in [3.8, 4) is 0 Å². The first-order chi connectivity index (χ1) is 14.4.